The fourth-order valence-electron chi connectivity index (χ4n) is 2.37. The second-order valence-corrected chi connectivity index (χ2v) is 6.15. The van der Waals surface area contributed by atoms with Crippen LogP contribution in [0.1, 0.15) is 45.3 Å². The highest BCUT2D eigenvalue weighted by molar-refractivity contribution is 5.65. The molecule has 0 radical (unpaired) electrons. The molecule has 19 heavy (non-hydrogen) atoms. The molecule has 0 unspecified atom stereocenters. The minimum Gasteiger partial charge on any atom is -0.465 e. The van der Waals surface area contributed by atoms with Gasteiger partial charge >= 0.3 is 6.09 Å². The third-order valence-electron chi connectivity index (χ3n) is 3.61. The normalized spacial score (nSPS) is 17.7. The van der Waals surface area contributed by atoms with E-state index in [9.17, 15) is 4.79 Å². The van der Waals surface area contributed by atoms with E-state index in [1.165, 1.54) is 4.90 Å². The molecule has 106 valence electrons. The van der Waals surface area contributed by atoms with Crippen molar-refractivity contribution in [3.05, 3.63) is 11.8 Å². The lowest BCUT2D eigenvalue weighted by molar-refractivity contribution is 0.124. The van der Waals surface area contributed by atoms with E-state index in [1.54, 1.807) is 0 Å². The molecule has 6 heteroatoms. The van der Waals surface area contributed by atoms with Crippen molar-refractivity contribution in [1.29, 1.82) is 0 Å². The van der Waals surface area contributed by atoms with Crippen LogP contribution in [0.2, 0.25) is 0 Å². The van der Waals surface area contributed by atoms with E-state index in [0.29, 0.717) is 18.9 Å². The van der Waals surface area contributed by atoms with Gasteiger partial charge in [0.2, 0.25) is 0 Å². The van der Waals surface area contributed by atoms with Gasteiger partial charge in [-0.3, -0.25) is 0 Å². The molecule has 1 saturated heterocycles. The lowest BCUT2D eigenvalue weighted by Crippen LogP contribution is -2.38. The van der Waals surface area contributed by atoms with Crippen LogP contribution < -0.4 is 5.73 Å². The lowest BCUT2D eigenvalue weighted by atomic mass is 9.92. The molecule has 1 aliphatic heterocycles. The summed E-state index contributed by atoms with van der Waals surface area (Å²) in [6.45, 7) is 7.40. The number of nitrogen functional groups attached to an aromatic ring is 1. The first-order chi connectivity index (χ1) is 8.79. The van der Waals surface area contributed by atoms with Gasteiger partial charge in [-0.15, -0.1) is 0 Å². The van der Waals surface area contributed by atoms with Gasteiger partial charge in [-0.2, -0.15) is 5.10 Å². The number of likely N-dealkylation sites (tertiary alicyclic amines) is 1. The molecule has 0 saturated carbocycles. The summed E-state index contributed by atoms with van der Waals surface area (Å²) < 4.78 is 1.86. The van der Waals surface area contributed by atoms with Gasteiger partial charge in [0.25, 0.3) is 0 Å². The summed E-state index contributed by atoms with van der Waals surface area (Å²) in [5, 5.41) is 13.5. The van der Waals surface area contributed by atoms with Gasteiger partial charge in [0.1, 0.15) is 5.82 Å². The van der Waals surface area contributed by atoms with Crippen molar-refractivity contribution in [1.82, 2.24) is 14.7 Å². The van der Waals surface area contributed by atoms with E-state index in [1.807, 2.05) is 10.7 Å². The molecule has 2 heterocycles. The fraction of sp³-hybridized carbons (Fsp3) is 0.692. The predicted octanol–water partition coefficient (Wildman–Crippen LogP) is 2.08. The van der Waals surface area contributed by atoms with E-state index in [0.717, 1.165) is 18.5 Å². The van der Waals surface area contributed by atoms with E-state index in [4.69, 9.17) is 10.8 Å². The van der Waals surface area contributed by atoms with Gasteiger partial charge in [-0.05, 0) is 12.8 Å². The smallest absolute Gasteiger partial charge is 0.407 e. The Balaban J connectivity index is 2.12. The van der Waals surface area contributed by atoms with Crippen LogP contribution in [0, 0.1) is 0 Å². The summed E-state index contributed by atoms with van der Waals surface area (Å²) >= 11 is 0. The standard InChI is InChI=1S/C13H22N4O2/c1-13(2,3)10-8-11(14)17(15-10)9-4-6-16(7-5-9)12(18)19/h8-9H,4-7,14H2,1-3H3,(H,18,19). The predicted molar refractivity (Wildman–Crippen MR) is 73.2 cm³/mol. The maximum atomic E-state index is 10.9. The number of anilines is 1. The van der Waals surface area contributed by atoms with E-state index < -0.39 is 6.09 Å². The second kappa shape index (κ2) is 4.75. The van der Waals surface area contributed by atoms with Crippen molar-refractivity contribution < 1.29 is 9.90 Å². The Bertz CT molecular complexity index is 467. The third kappa shape index (κ3) is 2.83. The average molecular weight is 266 g/mol. The van der Waals surface area contributed by atoms with Gasteiger partial charge < -0.3 is 15.7 Å². The van der Waals surface area contributed by atoms with E-state index >= 15 is 0 Å². The highest BCUT2D eigenvalue weighted by Crippen LogP contribution is 2.28. The van der Waals surface area contributed by atoms with E-state index in [-0.39, 0.29) is 11.5 Å². The second-order valence-electron chi connectivity index (χ2n) is 6.15. The van der Waals surface area contributed by atoms with Crippen LogP contribution in [0.25, 0.3) is 0 Å². The minimum atomic E-state index is -0.845. The molecule has 0 spiro atoms. The topological polar surface area (TPSA) is 84.4 Å². The molecule has 3 N–H and O–H groups in total. The van der Waals surface area contributed by atoms with Crippen molar-refractivity contribution in [3.8, 4) is 0 Å². The molecule has 6 nitrogen and oxygen atoms in total. The molecule has 1 amide bonds. The quantitative estimate of drug-likeness (QED) is 0.815. The highest BCUT2D eigenvalue weighted by atomic mass is 16.4. The molecule has 0 aromatic carbocycles. The SMILES string of the molecule is CC(C)(C)c1cc(N)n(C2CCN(C(=O)O)CC2)n1. The Labute approximate surface area is 113 Å². The van der Waals surface area contributed by atoms with Crippen LogP contribution in [0.15, 0.2) is 6.07 Å². The van der Waals surface area contributed by atoms with Gasteiger partial charge in [0.05, 0.1) is 11.7 Å². The highest BCUT2D eigenvalue weighted by Gasteiger charge is 2.27. The largest absolute Gasteiger partial charge is 0.465 e. The molecule has 1 aliphatic rings. The van der Waals surface area contributed by atoms with Crippen LogP contribution in [-0.4, -0.2) is 39.0 Å². The van der Waals surface area contributed by atoms with Gasteiger partial charge in [0.15, 0.2) is 0 Å². The van der Waals surface area contributed by atoms with Crippen molar-refractivity contribution in [2.45, 2.75) is 45.1 Å². The molecule has 0 aliphatic carbocycles. The van der Waals surface area contributed by atoms with Gasteiger partial charge in [0, 0.05) is 24.6 Å². The molecular weight excluding hydrogens is 244 g/mol. The molecule has 0 atom stereocenters. The van der Waals surface area contributed by atoms with Crippen LogP contribution in [0.4, 0.5) is 10.6 Å². The molecule has 2 rings (SSSR count). The van der Waals surface area contributed by atoms with Crippen LogP contribution in [0.5, 0.6) is 0 Å². The summed E-state index contributed by atoms with van der Waals surface area (Å²) in [6.07, 6.45) is 0.686. The first kappa shape index (κ1) is 13.7. The van der Waals surface area contributed by atoms with Gasteiger partial charge in [-0.25, -0.2) is 9.48 Å². The summed E-state index contributed by atoms with van der Waals surface area (Å²) in [5.41, 5.74) is 6.98. The number of nitrogens with zero attached hydrogens (tertiary/aromatic N) is 3. The zero-order chi connectivity index (χ0) is 14.2. The average Bonchev–Trinajstić information content (AvgIpc) is 2.71. The van der Waals surface area contributed by atoms with E-state index in [2.05, 4.69) is 25.9 Å². The number of carboxylic acid groups (broad SMARTS) is 1. The number of rotatable bonds is 1. The third-order valence-corrected chi connectivity index (χ3v) is 3.61. The zero-order valence-electron chi connectivity index (χ0n) is 11.8. The number of amides is 1. The summed E-state index contributed by atoms with van der Waals surface area (Å²) in [5.74, 6) is 0.665. The van der Waals surface area contributed by atoms with Crippen molar-refractivity contribution in [3.63, 3.8) is 0 Å². The maximum Gasteiger partial charge on any atom is 0.407 e. The Kier molecular flexibility index (Phi) is 3.43. The molecular formula is C13H22N4O2. The fourth-order valence-corrected chi connectivity index (χ4v) is 2.37. The maximum absolute atomic E-state index is 10.9. The minimum absolute atomic E-state index is 0.0267. The Hall–Kier alpha value is -1.72. The van der Waals surface area contributed by atoms with Crippen molar-refractivity contribution in [2.24, 2.45) is 0 Å². The van der Waals surface area contributed by atoms with Gasteiger partial charge in [-0.1, -0.05) is 20.8 Å². The van der Waals surface area contributed by atoms with Crippen molar-refractivity contribution in [2.75, 3.05) is 18.8 Å². The first-order valence-corrected chi connectivity index (χ1v) is 6.62. The Morgan fingerprint density at radius 3 is 2.42 bits per heavy atom. The summed E-state index contributed by atoms with van der Waals surface area (Å²) in [6, 6.07) is 2.12. The summed E-state index contributed by atoms with van der Waals surface area (Å²) in [7, 11) is 0. The monoisotopic (exact) mass is 266 g/mol. The van der Waals surface area contributed by atoms with Crippen LogP contribution in [0.3, 0.4) is 0 Å². The summed E-state index contributed by atoms with van der Waals surface area (Å²) in [4.78, 5) is 12.3. The Morgan fingerprint density at radius 1 is 1.42 bits per heavy atom. The molecule has 1 fully saturated rings. The Morgan fingerprint density at radius 2 is 2.00 bits per heavy atom. The molecule has 1 aromatic rings. The number of hydrogen-bond acceptors (Lipinski definition) is 3. The van der Waals surface area contributed by atoms with Crippen molar-refractivity contribution >= 4 is 11.9 Å². The molecule has 0 bridgehead atoms. The number of aromatic nitrogens is 2. The molecule has 1 aromatic heterocycles. The number of carbonyl (C=O) groups is 1. The lowest BCUT2D eigenvalue weighted by Gasteiger charge is -2.30. The number of hydrogen-bond donors (Lipinski definition) is 2. The number of piperidine rings is 1. The number of nitrogens with two attached hydrogens (primary N) is 1. The van der Waals surface area contributed by atoms with Crippen LogP contribution >= 0.6 is 0 Å². The van der Waals surface area contributed by atoms with Crippen LogP contribution in [-0.2, 0) is 5.41 Å². The zero-order valence-corrected chi connectivity index (χ0v) is 11.8. The first-order valence-electron chi connectivity index (χ1n) is 6.62.